The highest BCUT2D eigenvalue weighted by molar-refractivity contribution is 6.07. The molecule has 0 fully saturated rings. The maximum absolute atomic E-state index is 12.3. The molecule has 1 aromatic carbocycles. The van der Waals surface area contributed by atoms with E-state index in [0.717, 1.165) is 0 Å². The Balaban J connectivity index is 1.84. The fourth-order valence-electron chi connectivity index (χ4n) is 3.22. The van der Waals surface area contributed by atoms with Gasteiger partial charge in [0.2, 0.25) is 0 Å². The first kappa shape index (κ1) is 11.5. The average molecular weight is 266 g/mol. The monoisotopic (exact) mass is 266 g/mol. The van der Waals surface area contributed by atoms with Crippen LogP contribution in [0, 0.1) is 5.92 Å². The number of hydrogen-bond acceptors (Lipinski definition) is 3. The van der Waals surface area contributed by atoms with Gasteiger partial charge in [0.25, 0.3) is 5.91 Å². The molecular formula is C16H14N2O2. The van der Waals surface area contributed by atoms with Crippen LogP contribution in [0.2, 0.25) is 0 Å². The summed E-state index contributed by atoms with van der Waals surface area (Å²) >= 11 is 0. The lowest BCUT2D eigenvalue weighted by Crippen LogP contribution is -2.39. The van der Waals surface area contributed by atoms with Crippen molar-refractivity contribution in [2.24, 2.45) is 5.92 Å². The number of amides is 1. The summed E-state index contributed by atoms with van der Waals surface area (Å²) in [5, 5.41) is 17.1. The minimum absolute atomic E-state index is 0.00176. The second-order valence-corrected chi connectivity index (χ2v) is 5.30. The molecule has 0 saturated carbocycles. The molecule has 1 amide bonds. The Morgan fingerprint density at radius 3 is 2.85 bits per heavy atom. The third kappa shape index (κ3) is 1.31. The molecule has 3 atom stereocenters. The molecule has 100 valence electrons. The largest absolute Gasteiger partial charge is 0.384 e. The Morgan fingerprint density at radius 2 is 1.95 bits per heavy atom. The van der Waals surface area contributed by atoms with Crippen LogP contribution in [-0.4, -0.2) is 17.1 Å². The van der Waals surface area contributed by atoms with Gasteiger partial charge in [-0.1, -0.05) is 42.5 Å². The molecule has 0 saturated heterocycles. The molecule has 3 N–H and O–H groups in total. The van der Waals surface area contributed by atoms with Crippen molar-refractivity contribution in [3.63, 3.8) is 0 Å². The van der Waals surface area contributed by atoms with Crippen molar-refractivity contribution in [1.82, 2.24) is 5.32 Å². The fourth-order valence-corrected chi connectivity index (χ4v) is 3.22. The van der Waals surface area contributed by atoms with Crippen molar-refractivity contribution >= 4 is 11.6 Å². The molecule has 1 aliphatic carbocycles. The Bertz CT molecular complexity index is 689. The number of benzene rings is 1. The first-order chi connectivity index (χ1) is 9.71. The van der Waals surface area contributed by atoms with Crippen LogP contribution in [0.1, 0.15) is 5.56 Å². The zero-order valence-electron chi connectivity index (χ0n) is 10.7. The minimum Gasteiger partial charge on any atom is -0.384 e. The molecule has 0 spiro atoms. The van der Waals surface area contributed by atoms with Crippen molar-refractivity contribution in [1.29, 1.82) is 0 Å². The zero-order valence-corrected chi connectivity index (χ0v) is 10.7. The summed E-state index contributed by atoms with van der Waals surface area (Å²) in [4.78, 5) is 12.3. The van der Waals surface area contributed by atoms with E-state index in [2.05, 4.69) is 10.6 Å². The topological polar surface area (TPSA) is 61.4 Å². The lowest BCUT2D eigenvalue weighted by atomic mass is 9.78. The summed E-state index contributed by atoms with van der Waals surface area (Å²) in [5.74, 6) is -0.378. The number of carbonyl (C=O) groups excluding carboxylic acids is 1. The molecule has 3 aliphatic rings. The van der Waals surface area contributed by atoms with Gasteiger partial charge in [-0.05, 0) is 6.07 Å². The van der Waals surface area contributed by atoms with Crippen LogP contribution in [0.15, 0.2) is 60.3 Å². The van der Waals surface area contributed by atoms with E-state index >= 15 is 0 Å². The molecule has 0 radical (unpaired) electrons. The van der Waals surface area contributed by atoms with Gasteiger partial charge in [-0.15, -0.1) is 0 Å². The first-order valence-corrected chi connectivity index (χ1v) is 6.66. The van der Waals surface area contributed by atoms with Crippen LogP contribution in [0.4, 0.5) is 5.69 Å². The molecule has 4 nitrogen and oxygen atoms in total. The average Bonchev–Trinajstić information content (AvgIpc) is 3.01. The van der Waals surface area contributed by atoms with Crippen LogP contribution in [0.25, 0.3) is 0 Å². The lowest BCUT2D eigenvalue weighted by Gasteiger charge is -2.28. The molecule has 2 aliphatic heterocycles. The Kier molecular flexibility index (Phi) is 2.20. The second kappa shape index (κ2) is 3.84. The predicted octanol–water partition coefficient (Wildman–Crippen LogP) is 1.42. The van der Waals surface area contributed by atoms with E-state index in [4.69, 9.17) is 0 Å². The van der Waals surface area contributed by atoms with Gasteiger partial charge < -0.3 is 15.7 Å². The van der Waals surface area contributed by atoms with Crippen LogP contribution in [-0.2, 0) is 10.4 Å². The van der Waals surface area contributed by atoms with E-state index in [1.54, 1.807) is 12.3 Å². The van der Waals surface area contributed by atoms with E-state index in [0.29, 0.717) is 16.8 Å². The van der Waals surface area contributed by atoms with E-state index in [9.17, 15) is 9.90 Å². The van der Waals surface area contributed by atoms with Gasteiger partial charge >= 0.3 is 0 Å². The van der Waals surface area contributed by atoms with E-state index in [1.165, 1.54) is 0 Å². The van der Waals surface area contributed by atoms with Crippen molar-refractivity contribution in [3.05, 3.63) is 65.9 Å². The first-order valence-electron chi connectivity index (χ1n) is 6.66. The van der Waals surface area contributed by atoms with Gasteiger partial charge in [-0.25, -0.2) is 0 Å². The molecular weight excluding hydrogens is 252 g/mol. The normalized spacial score (nSPS) is 33.2. The third-order valence-electron chi connectivity index (χ3n) is 4.24. The summed E-state index contributed by atoms with van der Waals surface area (Å²) in [5.41, 5.74) is 0.422. The van der Waals surface area contributed by atoms with E-state index in [1.807, 2.05) is 42.5 Å². The Hall–Kier alpha value is -2.33. The number of allylic oxidation sites excluding steroid dienone is 2. The van der Waals surface area contributed by atoms with Crippen molar-refractivity contribution < 1.29 is 9.90 Å². The smallest absolute Gasteiger partial charge is 0.265 e. The predicted molar refractivity (Wildman–Crippen MR) is 75.7 cm³/mol. The standard InChI is InChI=1S/C16H14N2O2/c19-15-16(20,11-6-2-4-8-14(11)18-15)12-9-17-13-7-3-1-5-10(12)13/h1-10,13,17,20H,(H,18,19). The van der Waals surface area contributed by atoms with Gasteiger partial charge in [0.1, 0.15) is 0 Å². The molecule has 0 bridgehead atoms. The van der Waals surface area contributed by atoms with Gasteiger partial charge in [-0.2, -0.15) is 0 Å². The Labute approximate surface area is 116 Å². The highest BCUT2D eigenvalue weighted by Crippen LogP contribution is 2.46. The van der Waals surface area contributed by atoms with Crippen LogP contribution < -0.4 is 10.6 Å². The number of anilines is 1. The maximum Gasteiger partial charge on any atom is 0.265 e. The number of aliphatic hydroxyl groups is 1. The summed E-state index contributed by atoms with van der Waals surface area (Å²) in [6.45, 7) is 0. The Morgan fingerprint density at radius 1 is 1.15 bits per heavy atom. The molecule has 2 heterocycles. The number of carbonyl (C=O) groups is 1. The quantitative estimate of drug-likeness (QED) is 0.720. The zero-order chi connectivity index (χ0) is 13.7. The van der Waals surface area contributed by atoms with Gasteiger partial charge in [0.15, 0.2) is 5.60 Å². The highest BCUT2D eigenvalue weighted by atomic mass is 16.3. The molecule has 3 unspecified atom stereocenters. The van der Waals surface area contributed by atoms with Crippen molar-refractivity contribution in [3.8, 4) is 0 Å². The number of nitrogens with one attached hydrogen (secondary N) is 2. The van der Waals surface area contributed by atoms with Crippen molar-refractivity contribution in [2.75, 3.05) is 5.32 Å². The molecule has 0 aromatic heterocycles. The van der Waals surface area contributed by atoms with Gasteiger partial charge in [0.05, 0.1) is 6.04 Å². The summed E-state index contributed by atoms with van der Waals surface area (Å²) in [6.07, 6.45) is 9.75. The second-order valence-electron chi connectivity index (χ2n) is 5.30. The summed E-state index contributed by atoms with van der Waals surface area (Å²) < 4.78 is 0. The van der Waals surface area contributed by atoms with Gasteiger partial charge in [-0.3, -0.25) is 4.79 Å². The number of para-hydroxylation sites is 1. The van der Waals surface area contributed by atoms with Crippen LogP contribution in [0.3, 0.4) is 0 Å². The van der Waals surface area contributed by atoms with E-state index < -0.39 is 5.60 Å². The lowest BCUT2D eigenvalue weighted by molar-refractivity contribution is -0.130. The molecule has 4 heteroatoms. The van der Waals surface area contributed by atoms with E-state index in [-0.39, 0.29) is 17.9 Å². The summed E-state index contributed by atoms with van der Waals surface area (Å²) in [7, 11) is 0. The number of rotatable bonds is 1. The fraction of sp³-hybridized carbons (Fsp3) is 0.188. The van der Waals surface area contributed by atoms with Crippen LogP contribution in [0.5, 0.6) is 0 Å². The highest BCUT2D eigenvalue weighted by Gasteiger charge is 2.52. The SMILES string of the molecule is O=C1Nc2ccccc2C1(O)C1=CNC2C=CC=CC12. The molecule has 20 heavy (non-hydrogen) atoms. The molecule has 1 aromatic rings. The number of fused-ring (bicyclic) bond motifs is 2. The van der Waals surface area contributed by atoms with Crippen LogP contribution >= 0.6 is 0 Å². The summed E-state index contributed by atoms with van der Waals surface area (Å²) in [6, 6.07) is 7.39. The third-order valence-corrected chi connectivity index (χ3v) is 4.24. The maximum atomic E-state index is 12.3. The van der Waals surface area contributed by atoms with Crippen molar-refractivity contribution in [2.45, 2.75) is 11.6 Å². The molecule has 4 rings (SSSR count). The minimum atomic E-state index is -1.58. The number of hydrogen-bond donors (Lipinski definition) is 3. The van der Waals surface area contributed by atoms with Gasteiger partial charge in [0, 0.05) is 28.9 Å².